The minimum absolute atomic E-state index is 0.0113. The normalized spacial score (nSPS) is 18.8. The summed E-state index contributed by atoms with van der Waals surface area (Å²) in [5.74, 6) is -2.33. The van der Waals surface area contributed by atoms with Crippen LogP contribution in [0.3, 0.4) is 0 Å². The summed E-state index contributed by atoms with van der Waals surface area (Å²) in [6.45, 7) is 3.75. The second-order valence-corrected chi connectivity index (χ2v) is 10.5. The summed E-state index contributed by atoms with van der Waals surface area (Å²) < 4.78 is 68.2. The monoisotopic (exact) mass is 480 g/mol. The average molecular weight is 481 g/mol. The topological polar surface area (TPSA) is 101 Å². The summed E-state index contributed by atoms with van der Waals surface area (Å²) in [6, 6.07) is 2.11. The van der Waals surface area contributed by atoms with Crippen LogP contribution in [0.5, 0.6) is 0 Å². The number of hydrogen-bond acceptors (Lipinski definition) is 8. The van der Waals surface area contributed by atoms with Gasteiger partial charge in [0.15, 0.2) is 21.5 Å². The number of fused-ring (bicyclic) bond motifs is 1. The number of aromatic nitrogens is 4. The highest BCUT2D eigenvalue weighted by Crippen LogP contribution is 2.31. The van der Waals surface area contributed by atoms with Crippen LogP contribution in [0.25, 0.3) is 11.0 Å². The van der Waals surface area contributed by atoms with Crippen LogP contribution in [-0.2, 0) is 15.6 Å². The van der Waals surface area contributed by atoms with Gasteiger partial charge in [-0.05, 0) is 19.4 Å². The first kappa shape index (κ1) is 23.1. The molecule has 2 aromatic heterocycles. The van der Waals surface area contributed by atoms with Gasteiger partial charge in [-0.3, -0.25) is 0 Å². The lowest BCUT2D eigenvalue weighted by atomic mass is 10.1. The molecule has 0 radical (unpaired) electrons. The van der Waals surface area contributed by atoms with Crippen molar-refractivity contribution in [2.75, 3.05) is 29.1 Å². The van der Waals surface area contributed by atoms with E-state index < -0.39 is 38.6 Å². The Hall–Kier alpha value is -3.02. The molecule has 1 aliphatic rings. The van der Waals surface area contributed by atoms with Gasteiger partial charge in [0.2, 0.25) is 5.95 Å². The molecule has 0 amide bonds. The second kappa shape index (κ2) is 8.73. The predicted molar refractivity (Wildman–Crippen MR) is 119 cm³/mol. The van der Waals surface area contributed by atoms with Crippen LogP contribution in [0.15, 0.2) is 24.7 Å². The number of nitrogens with one attached hydrogen (secondary N) is 1. The van der Waals surface area contributed by atoms with E-state index in [1.165, 1.54) is 19.4 Å². The number of alkyl halides is 1. The predicted octanol–water partition coefficient (Wildman–Crippen LogP) is 3.70. The largest absolute Gasteiger partial charge is 0.337 e. The van der Waals surface area contributed by atoms with Gasteiger partial charge in [0.1, 0.15) is 34.5 Å². The Morgan fingerprint density at radius 1 is 1.21 bits per heavy atom. The van der Waals surface area contributed by atoms with Gasteiger partial charge in [-0.15, -0.1) is 0 Å². The first-order valence-electron chi connectivity index (χ1n) is 10.4. The Balaban J connectivity index is 1.70. The molecule has 1 aromatic carbocycles. The Bertz CT molecular complexity index is 1300. The summed E-state index contributed by atoms with van der Waals surface area (Å²) in [6.07, 6.45) is 3.34. The smallest absolute Gasteiger partial charge is 0.226 e. The molecule has 1 saturated heterocycles. The zero-order valence-corrected chi connectivity index (χ0v) is 19.0. The molecule has 0 spiro atoms. The molecule has 1 unspecified atom stereocenters. The van der Waals surface area contributed by atoms with Crippen LogP contribution >= 0.6 is 0 Å². The third-order valence-electron chi connectivity index (χ3n) is 5.38. The summed E-state index contributed by atoms with van der Waals surface area (Å²) in [5, 5.41) is 2.60. The highest BCUT2D eigenvalue weighted by atomic mass is 32.2. The lowest BCUT2D eigenvalue weighted by Gasteiger charge is -2.18. The standard InChI is InChI=1S/C21H23F3N6O2S/c1-3-8-33(31,32)10-13-4-5-14(22)17(16(13)23)28-19-18-15(26-12-27-19)9-25-20(29-18)30-7-6-21(2,24)11-30/h4-5,9,12H,3,6-8,10-11H2,1-2H3,(H,26,27,28). The van der Waals surface area contributed by atoms with E-state index in [1.807, 2.05) is 0 Å². The van der Waals surface area contributed by atoms with E-state index >= 15 is 4.39 Å². The number of nitrogens with zero attached hydrogens (tertiary/aromatic N) is 5. The fourth-order valence-corrected chi connectivity index (χ4v) is 5.21. The molecule has 3 aromatic rings. The van der Waals surface area contributed by atoms with Crippen LogP contribution < -0.4 is 10.2 Å². The molecular formula is C21H23F3N6O2S. The van der Waals surface area contributed by atoms with E-state index in [0.29, 0.717) is 24.9 Å². The van der Waals surface area contributed by atoms with Crippen LogP contribution in [0.1, 0.15) is 32.3 Å². The Labute approximate surface area is 189 Å². The molecule has 12 heteroatoms. The molecule has 0 saturated carbocycles. The first-order valence-corrected chi connectivity index (χ1v) is 12.3. The summed E-state index contributed by atoms with van der Waals surface area (Å²) in [7, 11) is -3.54. The van der Waals surface area contributed by atoms with Crippen molar-refractivity contribution in [1.82, 2.24) is 19.9 Å². The van der Waals surface area contributed by atoms with Crippen LogP contribution in [0.4, 0.5) is 30.6 Å². The maximum atomic E-state index is 15.1. The van der Waals surface area contributed by atoms with E-state index in [9.17, 15) is 17.2 Å². The van der Waals surface area contributed by atoms with Crippen molar-refractivity contribution in [1.29, 1.82) is 0 Å². The van der Waals surface area contributed by atoms with Gasteiger partial charge in [-0.25, -0.2) is 41.5 Å². The van der Waals surface area contributed by atoms with E-state index in [-0.39, 0.29) is 35.1 Å². The zero-order valence-electron chi connectivity index (χ0n) is 18.1. The van der Waals surface area contributed by atoms with Crippen LogP contribution in [0, 0.1) is 11.6 Å². The quantitative estimate of drug-likeness (QED) is 0.546. The fraction of sp³-hybridized carbons (Fsp3) is 0.429. The van der Waals surface area contributed by atoms with E-state index in [4.69, 9.17) is 0 Å². The number of anilines is 3. The summed E-state index contributed by atoms with van der Waals surface area (Å²) >= 11 is 0. The molecule has 1 atom stereocenters. The minimum Gasteiger partial charge on any atom is -0.337 e. The van der Waals surface area contributed by atoms with Crippen molar-refractivity contribution in [3.63, 3.8) is 0 Å². The number of halogens is 3. The highest BCUT2D eigenvalue weighted by molar-refractivity contribution is 7.90. The van der Waals surface area contributed by atoms with Gasteiger partial charge in [0.05, 0.1) is 24.2 Å². The third-order valence-corrected chi connectivity index (χ3v) is 7.16. The van der Waals surface area contributed by atoms with Gasteiger partial charge in [-0.1, -0.05) is 13.0 Å². The molecule has 176 valence electrons. The minimum atomic E-state index is -3.54. The number of sulfone groups is 1. The van der Waals surface area contributed by atoms with Gasteiger partial charge in [0, 0.05) is 18.5 Å². The Morgan fingerprint density at radius 3 is 2.70 bits per heavy atom. The van der Waals surface area contributed by atoms with Crippen molar-refractivity contribution in [3.8, 4) is 0 Å². The van der Waals surface area contributed by atoms with Crippen molar-refractivity contribution in [3.05, 3.63) is 41.9 Å². The lowest BCUT2D eigenvalue weighted by molar-refractivity contribution is 0.221. The SMILES string of the molecule is CCCS(=O)(=O)Cc1ccc(F)c(Nc2ncnc3cnc(N4CCC(C)(F)C4)nc23)c1F. The zero-order chi connectivity index (χ0) is 23.8. The molecule has 4 rings (SSSR count). The molecular weight excluding hydrogens is 457 g/mol. The van der Waals surface area contributed by atoms with Crippen LogP contribution in [0.2, 0.25) is 0 Å². The van der Waals surface area contributed by atoms with E-state index in [1.54, 1.807) is 11.8 Å². The molecule has 33 heavy (non-hydrogen) atoms. The van der Waals surface area contributed by atoms with Gasteiger partial charge in [0.25, 0.3) is 0 Å². The van der Waals surface area contributed by atoms with Crippen molar-refractivity contribution in [2.45, 2.75) is 38.1 Å². The molecule has 0 bridgehead atoms. The maximum absolute atomic E-state index is 15.1. The molecule has 8 nitrogen and oxygen atoms in total. The number of benzene rings is 1. The molecule has 1 N–H and O–H groups in total. The number of hydrogen-bond donors (Lipinski definition) is 1. The molecule has 1 aliphatic heterocycles. The van der Waals surface area contributed by atoms with Crippen molar-refractivity contribution >= 4 is 38.3 Å². The third kappa shape index (κ3) is 5.00. The number of rotatable bonds is 7. The van der Waals surface area contributed by atoms with Crippen molar-refractivity contribution in [2.24, 2.45) is 0 Å². The second-order valence-electron chi connectivity index (χ2n) is 8.32. The first-order chi connectivity index (χ1) is 15.6. The highest BCUT2D eigenvalue weighted by Gasteiger charge is 2.35. The maximum Gasteiger partial charge on any atom is 0.226 e. The van der Waals surface area contributed by atoms with Gasteiger partial charge in [-0.2, -0.15) is 0 Å². The summed E-state index contributed by atoms with van der Waals surface area (Å²) in [5.41, 5.74) is -1.55. The van der Waals surface area contributed by atoms with Crippen molar-refractivity contribution < 1.29 is 21.6 Å². The molecule has 0 aliphatic carbocycles. The lowest BCUT2D eigenvalue weighted by Crippen LogP contribution is -2.27. The summed E-state index contributed by atoms with van der Waals surface area (Å²) in [4.78, 5) is 18.4. The van der Waals surface area contributed by atoms with Crippen LogP contribution in [-0.4, -0.2) is 52.9 Å². The van der Waals surface area contributed by atoms with Gasteiger partial charge < -0.3 is 10.2 Å². The van der Waals surface area contributed by atoms with E-state index in [2.05, 4.69) is 25.3 Å². The van der Waals surface area contributed by atoms with E-state index in [0.717, 1.165) is 12.1 Å². The van der Waals surface area contributed by atoms with Gasteiger partial charge >= 0.3 is 0 Å². The molecule has 3 heterocycles. The average Bonchev–Trinajstić information content (AvgIpc) is 3.12. The molecule has 1 fully saturated rings. The Kier molecular flexibility index (Phi) is 6.12. The Morgan fingerprint density at radius 2 is 2.00 bits per heavy atom. The fourth-order valence-electron chi connectivity index (χ4n) is 3.74.